The highest BCUT2D eigenvalue weighted by Crippen LogP contribution is 2.31. The maximum Gasteiger partial charge on any atom is 0.223 e. The summed E-state index contributed by atoms with van der Waals surface area (Å²) in [4.78, 5) is 21.3. The lowest BCUT2D eigenvalue weighted by Gasteiger charge is -2.32. The topological polar surface area (TPSA) is 63.5 Å². The van der Waals surface area contributed by atoms with E-state index in [0.717, 1.165) is 75.5 Å². The van der Waals surface area contributed by atoms with Crippen molar-refractivity contribution in [1.29, 1.82) is 0 Å². The number of likely N-dealkylation sites (tertiary alicyclic amines) is 1. The number of fused-ring (bicyclic) bond motifs is 1. The third-order valence-electron chi connectivity index (χ3n) is 5.61. The van der Waals surface area contributed by atoms with Crippen molar-refractivity contribution in [3.8, 4) is 0 Å². The van der Waals surface area contributed by atoms with Gasteiger partial charge in [0, 0.05) is 63.7 Å². The van der Waals surface area contributed by atoms with Gasteiger partial charge < -0.3 is 9.64 Å². The minimum absolute atomic E-state index is 0.280. The molecule has 0 atom stereocenters. The van der Waals surface area contributed by atoms with Crippen molar-refractivity contribution in [2.45, 2.75) is 25.2 Å². The van der Waals surface area contributed by atoms with Gasteiger partial charge in [-0.2, -0.15) is 5.10 Å². The van der Waals surface area contributed by atoms with E-state index in [4.69, 9.17) is 9.84 Å². The summed E-state index contributed by atoms with van der Waals surface area (Å²) < 4.78 is 7.23. The second-order valence-corrected chi connectivity index (χ2v) is 7.24. The summed E-state index contributed by atoms with van der Waals surface area (Å²) in [6.07, 6.45) is 4.37. The second-order valence-electron chi connectivity index (χ2n) is 7.24. The van der Waals surface area contributed by atoms with Crippen LogP contribution in [0.2, 0.25) is 0 Å². The van der Waals surface area contributed by atoms with Crippen LogP contribution in [0.4, 0.5) is 0 Å². The monoisotopic (exact) mass is 357 g/mol. The van der Waals surface area contributed by atoms with Gasteiger partial charge in [0.05, 0.1) is 18.9 Å². The number of nitrogens with zero attached hydrogens (tertiary/aromatic N) is 5. The van der Waals surface area contributed by atoms with Gasteiger partial charge in [-0.05, 0) is 25.0 Å². The van der Waals surface area contributed by atoms with Crippen LogP contribution >= 0.6 is 0 Å². The molecule has 0 aliphatic carbocycles. The van der Waals surface area contributed by atoms with Gasteiger partial charge in [0.2, 0.25) is 5.91 Å². The molecule has 2 aromatic rings. The number of rotatable bonds is 4. The third-order valence-corrected chi connectivity index (χ3v) is 5.61. The van der Waals surface area contributed by atoms with Gasteiger partial charge in [-0.3, -0.25) is 14.4 Å². The van der Waals surface area contributed by atoms with Gasteiger partial charge in [0.15, 0.2) is 5.65 Å². The van der Waals surface area contributed by atoms with E-state index in [1.165, 1.54) is 0 Å². The van der Waals surface area contributed by atoms with Crippen LogP contribution in [0.1, 0.15) is 30.9 Å². The van der Waals surface area contributed by atoms with E-state index in [9.17, 15) is 4.79 Å². The number of hydrogen-bond donors (Lipinski definition) is 0. The summed E-state index contributed by atoms with van der Waals surface area (Å²) in [6.45, 7) is 5.94. The Bertz CT molecular complexity index is 760. The van der Waals surface area contributed by atoms with E-state index >= 15 is 0 Å². The molecule has 1 amide bonds. The molecule has 0 N–H and O–H groups in total. The minimum Gasteiger partial charge on any atom is -0.379 e. The maximum absolute atomic E-state index is 12.5. The van der Waals surface area contributed by atoms with Gasteiger partial charge in [-0.15, -0.1) is 0 Å². The van der Waals surface area contributed by atoms with Gasteiger partial charge in [0.1, 0.15) is 0 Å². The van der Waals surface area contributed by atoms with Gasteiger partial charge in [-0.25, -0.2) is 4.98 Å². The van der Waals surface area contributed by atoms with Crippen LogP contribution in [-0.2, 0) is 16.6 Å². The zero-order chi connectivity index (χ0) is 17.9. The molecular formula is C19H27N5O2. The fourth-order valence-corrected chi connectivity index (χ4v) is 4.06. The summed E-state index contributed by atoms with van der Waals surface area (Å²) in [5.41, 5.74) is 2.07. The maximum atomic E-state index is 12.5. The zero-order valence-electron chi connectivity index (χ0n) is 15.4. The number of carbonyl (C=O) groups excluding carboxylic acids is 1. The van der Waals surface area contributed by atoms with Gasteiger partial charge in [0.25, 0.3) is 0 Å². The van der Waals surface area contributed by atoms with Crippen LogP contribution < -0.4 is 0 Å². The van der Waals surface area contributed by atoms with Crippen LogP contribution in [0.25, 0.3) is 11.0 Å². The molecule has 0 aromatic carbocycles. The van der Waals surface area contributed by atoms with Crippen molar-refractivity contribution < 1.29 is 9.53 Å². The number of carbonyl (C=O) groups is 1. The molecule has 7 heteroatoms. The number of ether oxygens (including phenoxy) is 1. The number of amides is 1. The van der Waals surface area contributed by atoms with E-state index in [0.29, 0.717) is 12.3 Å². The molecule has 4 heterocycles. The predicted octanol–water partition coefficient (Wildman–Crippen LogP) is 1.40. The Morgan fingerprint density at radius 2 is 2.00 bits per heavy atom. The molecule has 140 valence electrons. The number of hydrogen-bond acceptors (Lipinski definition) is 5. The number of piperidine rings is 1. The van der Waals surface area contributed by atoms with Crippen LogP contribution in [0.3, 0.4) is 0 Å². The Hall–Kier alpha value is -1.99. The smallest absolute Gasteiger partial charge is 0.223 e. The standard InChI is InChI=1S/C19H27N5O2/c1-22-19-16(3-2-7-20-19)18(21-22)15-4-9-24(10-5-15)17(25)6-8-23-11-13-26-14-12-23/h2-3,7,15H,4-6,8-14H2,1H3. The van der Waals surface area contributed by atoms with E-state index in [-0.39, 0.29) is 5.91 Å². The summed E-state index contributed by atoms with van der Waals surface area (Å²) in [7, 11) is 1.95. The van der Waals surface area contributed by atoms with E-state index < -0.39 is 0 Å². The summed E-state index contributed by atoms with van der Waals surface area (Å²) >= 11 is 0. The van der Waals surface area contributed by atoms with Crippen LogP contribution in [0.5, 0.6) is 0 Å². The molecule has 0 unspecified atom stereocenters. The van der Waals surface area contributed by atoms with Crippen LogP contribution in [0, 0.1) is 0 Å². The number of aryl methyl sites for hydroxylation is 1. The lowest BCUT2D eigenvalue weighted by atomic mass is 9.92. The Balaban J connectivity index is 1.32. The molecule has 2 aromatic heterocycles. The van der Waals surface area contributed by atoms with Crippen molar-refractivity contribution >= 4 is 16.9 Å². The lowest BCUT2D eigenvalue weighted by Crippen LogP contribution is -2.42. The summed E-state index contributed by atoms with van der Waals surface area (Å²) in [5.74, 6) is 0.689. The highest BCUT2D eigenvalue weighted by Gasteiger charge is 2.27. The van der Waals surface area contributed by atoms with E-state index in [1.54, 1.807) is 0 Å². The Kier molecular flexibility index (Phi) is 5.17. The Morgan fingerprint density at radius 1 is 1.23 bits per heavy atom. The molecule has 0 bridgehead atoms. The highest BCUT2D eigenvalue weighted by atomic mass is 16.5. The zero-order valence-corrected chi connectivity index (χ0v) is 15.4. The van der Waals surface area contributed by atoms with Crippen molar-refractivity contribution in [1.82, 2.24) is 24.6 Å². The molecule has 2 fully saturated rings. The molecule has 4 rings (SSSR count). The van der Waals surface area contributed by atoms with E-state index in [2.05, 4.69) is 16.0 Å². The molecule has 7 nitrogen and oxygen atoms in total. The van der Waals surface area contributed by atoms with E-state index in [1.807, 2.05) is 28.9 Å². The average molecular weight is 357 g/mol. The molecule has 0 spiro atoms. The first-order valence-electron chi connectivity index (χ1n) is 9.58. The molecule has 2 saturated heterocycles. The third kappa shape index (κ3) is 3.59. The minimum atomic E-state index is 0.280. The molecule has 0 radical (unpaired) electrons. The molecular weight excluding hydrogens is 330 g/mol. The fourth-order valence-electron chi connectivity index (χ4n) is 4.06. The molecule has 26 heavy (non-hydrogen) atoms. The first-order valence-corrected chi connectivity index (χ1v) is 9.58. The fraction of sp³-hybridized carbons (Fsp3) is 0.632. The van der Waals surface area contributed by atoms with Crippen molar-refractivity contribution in [3.63, 3.8) is 0 Å². The van der Waals surface area contributed by atoms with Crippen molar-refractivity contribution in [2.24, 2.45) is 7.05 Å². The quantitative estimate of drug-likeness (QED) is 0.828. The van der Waals surface area contributed by atoms with Gasteiger partial charge in [-0.1, -0.05) is 0 Å². The van der Waals surface area contributed by atoms with Crippen molar-refractivity contribution in [2.75, 3.05) is 45.9 Å². The lowest BCUT2D eigenvalue weighted by molar-refractivity contribution is -0.132. The summed E-state index contributed by atoms with van der Waals surface area (Å²) in [6, 6.07) is 4.07. The molecule has 2 aliphatic rings. The average Bonchev–Trinajstić information content (AvgIpc) is 3.04. The first kappa shape index (κ1) is 17.4. The Morgan fingerprint density at radius 3 is 2.77 bits per heavy atom. The molecule has 2 aliphatic heterocycles. The largest absolute Gasteiger partial charge is 0.379 e. The van der Waals surface area contributed by atoms with Crippen molar-refractivity contribution in [3.05, 3.63) is 24.0 Å². The predicted molar refractivity (Wildman–Crippen MR) is 98.9 cm³/mol. The van der Waals surface area contributed by atoms with Gasteiger partial charge >= 0.3 is 0 Å². The van der Waals surface area contributed by atoms with Crippen LogP contribution in [-0.4, -0.2) is 76.4 Å². The summed E-state index contributed by atoms with van der Waals surface area (Å²) in [5, 5.41) is 5.86. The second kappa shape index (κ2) is 7.72. The number of morpholine rings is 1. The first-order chi connectivity index (χ1) is 12.7. The highest BCUT2D eigenvalue weighted by molar-refractivity contribution is 5.79. The number of pyridine rings is 1. The molecule has 0 saturated carbocycles. The SMILES string of the molecule is Cn1nc(C2CCN(C(=O)CCN3CCOCC3)CC2)c2cccnc21. The van der Waals surface area contributed by atoms with Crippen LogP contribution in [0.15, 0.2) is 18.3 Å². The Labute approximate surface area is 153 Å². The number of aromatic nitrogens is 3. The normalized spacial score (nSPS) is 20.0.